The zero-order valence-electron chi connectivity index (χ0n) is 13.2. The van der Waals surface area contributed by atoms with Crippen LogP contribution in [0.25, 0.3) is 0 Å². The van der Waals surface area contributed by atoms with Crippen molar-refractivity contribution >= 4 is 10.0 Å². The first kappa shape index (κ1) is 17.9. The maximum Gasteiger partial charge on any atom is 0.211 e. The summed E-state index contributed by atoms with van der Waals surface area (Å²) >= 11 is 0. The lowest BCUT2D eigenvalue weighted by atomic mass is 10.1. The van der Waals surface area contributed by atoms with Crippen molar-refractivity contribution in [3.63, 3.8) is 0 Å². The molecule has 0 aromatic heterocycles. The van der Waals surface area contributed by atoms with Gasteiger partial charge in [-0.1, -0.05) is 33.1 Å². The van der Waals surface area contributed by atoms with Crippen LogP contribution in [0, 0.1) is 0 Å². The Morgan fingerprint density at radius 1 is 1.05 bits per heavy atom. The summed E-state index contributed by atoms with van der Waals surface area (Å²) in [7, 11) is -3.10. The molecule has 1 atom stereocenters. The van der Waals surface area contributed by atoms with E-state index in [2.05, 4.69) is 23.9 Å². The van der Waals surface area contributed by atoms with Gasteiger partial charge in [-0.25, -0.2) is 13.1 Å². The summed E-state index contributed by atoms with van der Waals surface area (Å²) in [5, 5.41) is 3.42. The fourth-order valence-electron chi connectivity index (χ4n) is 2.38. The molecule has 0 radical (unpaired) electrons. The van der Waals surface area contributed by atoms with E-state index in [0.29, 0.717) is 6.04 Å². The van der Waals surface area contributed by atoms with Crippen LogP contribution in [-0.2, 0) is 10.0 Å². The number of nitrogens with one attached hydrogen (secondary N) is 2. The third kappa shape index (κ3) is 8.93. The molecule has 1 saturated carbocycles. The fourth-order valence-corrected chi connectivity index (χ4v) is 3.83. The molecule has 0 amide bonds. The summed E-state index contributed by atoms with van der Waals surface area (Å²) in [5.41, 5.74) is 0. The second-order valence-electron chi connectivity index (χ2n) is 6.00. The lowest BCUT2D eigenvalue weighted by Gasteiger charge is -2.17. The Labute approximate surface area is 125 Å². The Morgan fingerprint density at radius 3 is 2.40 bits per heavy atom. The first-order valence-corrected chi connectivity index (χ1v) is 9.96. The van der Waals surface area contributed by atoms with Crippen LogP contribution in [0.5, 0.6) is 0 Å². The predicted octanol–water partition coefficient (Wildman–Crippen LogP) is 2.80. The zero-order chi connectivity index (χ0) is 14.8. The second-order valence-corrected chi connectivity index (χ2v) is 7.87. The third-order valence-electron chi connectivity index (χ3n) is 3.74. The van der Waals surface area contributed by atoms with Gasteiger partial charge in [-0.3, -0.25) is 0 Å². The van der Waals surface area contributed by atoms with Crippen molar-refractivity contribution in [2.24, 2.45) is 0 Å². The molecule has 4 nitrogen and oxygen atoms in total. The van der Waals surface area contributed by atoms with Crippen LogP contribution < -0.4 is 10.0 Å². The molecule has 1 aliphatic carbocycles. The van der Waals surface area contributed by atoms with Gasteiger partial charge in [0.1, 0.15) is 0 Å². The van der Waals surface area contributed by atoms with Gasteiger partial charge in [0.25, 0.3) is 0 Å². The molecule has 0 aliphatic heterocycles. The minimum absolute atomic E-state index is 0.134. The van der Waals surface area contributed by atoms with E-state index < -0.39 is 10.0 Å². The second kappa shape index (κ2) is 9.74. The molecule has 1 fully saturated rings. The Kier molecular flexibility index (Phi) is 8.73. The van der Waals surface area contributed by atoms with Crippen LogP contribution >= 0.6 is 0 Å². The number of unbranched alkanes of at least 4 members (excludes halogenated alkanes) is 2. The summed E-state index contributed by atoms with van der Waals surface area (Å²) in [6, 6.07) is 0.849. The molecule has 120 valence electrons. The Hall–Kier alpha value is -0.130. The molecule has 0 heterocycles. The molecule has 5 heteroatoms. The summed E-state index contributed by atoms with van der Waals surface area (Å²) in [5.74, 6) is 0.270. The van der Waals surface area contributed by atoms with Gasteiger partial charge in [0.05, 0.1) is 5.75 Å². The van der Waals surface area contributed by atoms with Crippen LogP contribution in [0.2, 0.25) is 0 Å². The van der Waals surface area contributed by atoms with Crippen LogP contribution in [0.15, 0.2) is 0 Å². The molecule has 1 rings (SSSR count). The van der Waals surface area contributed by atoms with E-state index in [0.717, 1.165) is 51.5 Å². The molecular formula is C15H32N2O2S. The third-order valence-corrected chi connectivity index (χ3v) is 5.26. The van der Waals surface area contributed by atoms with Crippen LogP contribution in [0.4, 0.5) is 0 Å². The lowest BCUT2D eigenvalue weighted by Crippen LogP contribution is -2.36. The molecule has 2 N–H and O–H groups in total. The van der Waals surface area contributed by atoms with E-state index in [4.69, 9.17) is 0 Å². The van der Waals surface area contributed by atoms with E-state index in [1.54, 1.807) is 0 Å². The fraction of sp³-hybridized carbons (Fsp3) is 1.00. The average Bonchev–Trinajstić information content (AvgIpc) is 3.19. The number of hydrogen-bond donors (Lipinski definition) is 2. The van der Waals surface area contributed by atoms with Crippen LogP contribution in [-0.4, -0.2) is 32.8 Å². The number of rotatable bonds is 13. The number of hydrogen-bond acceptors (Lipinski definition) is 3. The highest BCUT2D eigenvalue weighted by Gasteiger charge is 2.20. The van der Waals surface area contributed by atoms with E-state index in [1.807, 2.05) is 0 Å². The topological polar surface area (TPSA) is 58.2 Å². The van der Waals surface area contributed by atoms with Gasteiger partial charge in [0.15, 0.2) is 0 Å². The normalized spacial score (nSPS) is 17.3. The van der Waals surface area contributed by atoms with Crippen LogP contribution in [0.1, 0.15) is 71.6 Å². The molecule has 0 spiro atoms. The minimum atomic E-state index is -3.10. The molecule has 0 bridgehead atoms. The van der Waals surface area contributed by atoms with E-state index >= 15 is 0 Å². The van der Waals surface area contributed by atoms with Crippen LogP contribution in [0.3, 0.4) is 0 Å². The zero-order valence-corrected chi connectivity index (χ0v) is 14.0. The smallest absolute Gasteiger partial charge is 0.211 e. The van der Waals surface area contributed by atoms with Crippen molar-refractivity contribution in [3.05, 3.63) is 0 Å². The Morgan fingerprint density at radius 2 is 1.80 bits per heavy atom. The van der Waals surface area contributed by atoms with Crippen molar-refractivity contribution < 1.29 is 8.42 Å². The monoisotopic (exact) mass is 304 g/mol. The molecule has 0 saturated heterocycles. The van der Waals surface area contributed by atoms with Gasteiger partial charge in [0, 0.05) is 12.1 Å². The molecule has 20 heavy (non-hydrogen) atoms. The average molecular weight is 304 g/mol. The van der Waals surface area contributed by atoms with E-state index in [1.165, 1.54) is 12.8 Å². The van der Waals surface area contributed by atoms with Crippen molar-refractivity contribution in [3.8, 4) is 0 Å². The maximum atomic E-state index is 12.1. The summed E-state index contributed by atoms with van der Waals surface area (Å²) < 4.78 is 27.0. The lowest BCUT2D eigenvalue weighted by molar-refractivity contribution is 0.482. The Balaban J connectivity index is 2.18. The molecule has 0 aromatic rings. The highest BCUT2D eigenvalue weighted by molar-refractivity contribution is 7.89. The molecule has 1 aliphatic rings. The van der Waals surface area contributed by atoms with E-state index in [9.17, 15) is 8.42 Å². The first-order chi connectivity index (χ1) is 9.57. The Bertz CT molecular complexity index is 340. The molecule has 1 unspecified atom stereocenters. The molecular weight excluding hydrogens is 272 g/mol. The largest absolute Gasteiger partial charge is 0.314 e. The highest BCUT2D eigenvalue weighted by Crippen LogP contribution is 2.18. The summed E-state index contributed by atoms with van der Waals surface area (Å²) in [6.07, 6.45) is 9.43. The SMILES string of the molecule is CCCCC(CCC)NS(=O)(=O)CCCCNC1CC1. The number of sulfonamides is 1. The van der Waals surface area contributed by atoms with Gasteiger partial charge in [-0.15, -0.1) is 0 Å². The summed E-state index contributed by atoms with van der Waals surface area (Å²) in [6.45, 7) is 5.20. The standard InChI is InChI=1S/C15H32N2O2S/c1-3-5-9-15(8-4-2)17-20(18,19)13-7-6-12-16-14-10-11-14/h14-17H,3-13H2,1-2H3. The van der Waals surface area contributed by atoms with Gasteiger partial charge in [-0.05, 0) is 45.1 Å². The van der Waals surface area contributed by atoms with Crippen molar-refractivity contribution in [2.45, 2.75) is 83.7 Å². The highest BCUT2D eigenvalue weighted by atomic mass is 32.2. The maximum absolute atomic E-state index is 12.1. The van der Waals surface area contributed by atoms with Gasteiger partial charge in [0.2, 0.25) is 10.0 Å². The van der Waals surface area contributed by atoms with Crippen molar-refractivity contribution in [2.75, 3.05) is 12.3 Å². The van der Waals surface area contributed by atoms with Crippen molar-refractivity contribution in [1.82, 2.24) is 10.0 Å². The van der Waals surface area contributed by atoms with Crippen molar-refractivity contribution in [1.29, 1.82) is 0 Å². The van der Waals surface area contributed by atoms with Gasteiger partial charge >= 0.3 is 0 Å². The quantitative estimate of drug-likeness (QED) is 0.514. The predicted molar refractivity (Wildman–Crippen MR) is 85.4 cm³/mol. The van der Waals surface area contributed by atoms with E-state index in [-0.39, 0.29) is 11.8 Å². The summed E-state index contributed by atoms with van der Waals surface area (Å²) in [4.78, 5) is 0. The van der Waals surface area contributed by atoms with Gasteiger partial charge < -0.3 is 5.32 Å². The minimum Gasteiger partial charge on any atom is -0.314 e. The van der Waals surface area contributed by atoms with Gasteiger partial charge in [-0.2, -0.15) is 0 Å². The molecule has 0 aromatic carbocycles. The first-order valence-electron chi connectivity index (χ1n) is 8.30.